The molecule has 42 heavy (non-hydrogen) atoms. The molecule has 8 nitrogen and oxygen atoms in total. The van der Waals surface area contributed by atoms with Gasteiger partial charge in [0.1, 0.15) is 23.4 Å². The van der Waals surface area contributed by atoms with Crippen LogP contribution in [-0.4, -0.2) is 71.9 Å². The first kappa shape index (κ1) is 30.1. The van der Waals surface area contributed by atoms with Crippen LogP contribution < -0.4 is 9.47 Å². The molecule has 0 radical (unpaired) electrons. The number of rotatable bonds is 6. The molecule has 0 spiro atoms. The number of halogens is 2. The lowest BCUT2D eigenvalue weighted by molar-refractivity contribution is -0.130. The maximum atomic E-state index is 14.6. The van der Waals surface area contributed by atoms with Gasteiger partial charge in [0.05, 0.1) is 24.8 Å². The summed E-state index contributed by atoms with van der Waals surface area (Å²) in [7, 11) is 1.62. The third-order valence-corrected chi connectivity index (χ3v) is 8.54. The van der Waals surface area contributed by atoms with Gasteiger partial charge < -0.3 is 19.3 Å². The van der Waals surface area contributed by atoms with Crippen molar-refractivity contribution in [2.45, 2.75) is 39.0 Å². The van der Waals surface area contributed by atoms with Gasteiger partial charge in [0, 0.05) is 48.1 Å². The van der Waals surface area contributed by atoms with Crippen molar-refractivity contribution in [1.29, 1.82) is 0 Å². The molecule has 3 aromatic rings. The number of nitrogens with zero attached hydrogens (tertiary/aromatic N) is 4. The predicted molar refractivity (Wildman–Crippen MR) is 170 cm³/mol. The number of benzene rings is 3. The van der Waals surface area contributed by atoms with E-state index >= 15 is 0 Å². The molecule has 0 bridgehead atoms. The van der Waals surface area contributed by atoms with Gasteiger partial charge in [0.2, 0.25) is 5.91 Å². The molecule has 2 unspecified atom stereocenters. The highest BCUT2D eigenvalue weighted by atomic mass is 79.9. The number of hydrogen-bond acceptors (Lipinski definition) is 5. The molecule has 1 fully saturated rings. The number of hydrogen-bond donors (Lipinski definition) is 0. The van der Waals surface area contributed by atoms with E-state index in [9.17, 15) is 9.59 Å². The topological polar surface area (TPSA) is 74.7 Å². The predicted octanol–water partition coefficient (Wildman–Crippen LogP) is 6.84. The second-order valence-electron chi connectivity index (χ2n) is 10.6. The quantitative estimate of drug-likeness (QED) is 0.283. The van der Waals surface area contributed by atoms with Gasteiger partial charge in [0.15, 0.2) is 0 Å². The summed E-state index contributed by atoms with van der Waals surface area (Å²) in [4.78, 5) is 37.3. The molecule has 2 atom stereocenters. The normalized spacial score (nSPS) is 18.7. The molecular formula is C32H34Br2N4O4. The highest BCUT2D eigenvalue weighted by Crippen LogP contribution is 2.46. The van der Waals surface area contributed by atoms with Crippen LogP contribution in [0.1, 0.15) is 49.5 Å². The molecule has 0 saturated carbocycles. The molecular weight excluding hydrogens is 664 g/mol. The molecule has 2 heterocycles. The molecule has 0 aliphatic carbocycles. The van der Waals surface area contributed by atoms with Crippen LogP contribution in [0.15, 0.2) is 80.7 Å². The number of piperazine rings is 1. The third-order valence-electron chi connectivity index (χ3n) is 7.48. The Morgan fingerprint density at radius 2 is 1.43 bits per heavy atom. The number of carbonyl (C=O) groups is 2. The second kappa shape index (κ2) is 12.9. The summed E-state index contributed by atoms with van der Waals surface area (Å²) in [6.45, 7) is 7.36. The average Bonchev–Trinajstić information content (AvgIpc) is 3.37. The number of urea groups is 1. The van der Waals surface area contributed by atoms with Crippen molar-refractivity contribution in [2.75, 3.05) is 33.3 Å². The second-order valence-corrected chi connectivity index (χ2v) is 12.5. The molecule has 0 aromatic heterocycles. The number of amidine groups is 1. The van der Waals surface area contributed by atoms with E-state index in [4.69, 9.17) is 14.5 Å². The monoisotopic (exact) mass is 696 g/mol. The largest absolute Gasteiger partial charge is 0.497 e. The third kappa shape index (κ3) is 6.34. The van der Waals surface area contributed by atoms with Gasteiger partial charge in [-0.1, -0.05) is 56.1 Å². The zero-order valence-electron chi connectivity index (χ0n) is 24.1. The van der Waals surface area contributed by atoms with Gasteiger partial charge in [-0.15, -0.1) is 0 Å². The van der Waals surface area contributed by atoms with Crippen LogP contribution in [0.25, 0.3) is 0 Å². The summed E-state index contributed by atoms with van der Waals surface area (Å²) in [6.07, 6.45) is -0.105. The van der Waals surface area contributed by atoms with E-state index in [2.05, 4.69) is 31.9 Å². The van der Waals surface area contributed by atoms with Crippen LogP contribution in [-0.2, 0) is 4.79 Å². The van der Waals surface area contributed by atoms with Gasteiger partial charge in [0.25, 0.3) is 0 Å². The van der Waals surface area contributed by atoms with E-state index in [-0.39, 0.29) is 24.1 Å². The van der Waals surface area contributed by atoms with Gasteiger partial charge in [-0.2, -0.15) is 0 Å². The van der Waals surface area contributed by atoms with Crippen molar-refractivity contribution in [1.82, 2.24) is 14.7 Å². The molecule has 0 N–H and O–H groups in total. The first-order chi connectivity index (χ1) is 20.2. The molecule has 10 heteroatoms. The van der Waals surface area contributed by atoms with Crippen LogP contribution in [0, 0.1) is 0 Å². The van der Waals surface area contributed by atoms with Crippen LogP contribution in [0.5, 0.6) is 11.5 Å². The van der Waals surface area contributed by atoms with Crippen molar-refractivity contribution in [2.24, 2.45) is 4.99 Å². The van der Waals surface area contributed by atoms with Crippen LogP contribution >= 0.6 is 31.9 Å². The Kier molecular flexibility index (Phi) is 9.22. The first-order valence-electron chi connectivity index (χ1n) is 13.9. The van der Waals surface area contributed by atoms with Crippen molar-refractivity contribution in [3.8, 4) is 11.5 Å². The van der Waals surface area contributed by atoms with E-state index in [0.717, 1.165) is 20.1 Å². The Bertz CT molecular complexity index is 1470. The summed E-state index contributed by atoms with van der Waals surface area (Å²) in [5, 5.41) is 0. The molecule has 3 amide bonds. The van der Waals surface area contributed by atoms with Crippen LogP contribution in [0.4, 0.5) is 4.79 Å². The van der Waals surface area contributed by atoms with Gasteiger partial charge in [-0.05, 0) is 61.4 Å². The lowest BCUT2D eigenvalue weighted by atomic mass is 9.93. The highest BCUT2D eigenvalue weighted by Gasteiger charge is 2.45. The summed E-state index contributed by atoms with van der Waals surface area (Å²) in [5.41, 5.74) is 2.66. The fourth-order valence-electron chi connectivity index (χ4n) is 5.39. The SMILES string of the molecule is COc1ccc(C2=NC(c3ccc(Br)cc3)C(c3ccc(Br)cc3)N2C(=O)N2CCN(C(C)=O)CC2)c(OC(C)C)c1. The molecule has 5 rings (SSSR count). The van der Waals surface area contributed by atoms with Gasteiger partial charge >= 0.3 is 6.03 Å². The van der Waals surface area contributed by atoms with Crippen molar-refractivity contribution in [3.63, 3.8) is 0 Å². The minimum absolute atomic E-state index is 0.0160. The summed E-state index contributed by atoms with van der Waals surface area (Å²) in [6, 6.07) is 20.8. The highest BCUT2D eigenvalue weighted by molar-refractivity contribution is 9.10. The fourth-order valence-corrected chi connectivity index (χ4v) is 5.91. The van der Waals surface area contributed by atoms with E-state index in [1.165, 1.54) is 0 Å². The minimum atomic E-state index is -0.415. The molecule has 3 aromatic carbocycles. The summed E-state index contributed by atoms with van der Waals surface area (Å²) < 4.78 is 13.7. The number of ether oxygens (including phenoxy) is 2. The van der Waals surface area contributed by atoms with Gasteiger partial charge in [-0.25, -0.2) is 4.79 Å². The van der Waals surface area contributed by atoms with Gasteiger partial charge in [-0.3, -0.25) is 14.7 Å². The maximum absolute atomic E-state index is 14.6. The summed E-state index contributed by atoms with van der Waals surface area (Å²) in [5.74, 6) is 1.80. The smallest absolute Gasteiger partial charge is 0.326 e. The van der Waals surface area contributed by atoms with Crippen molar-refractivity contribution < 1.29 is 19.1 Å². The first-order valence-corrected chi connectivity index (χ1v) is 15.5. The van der Waals surface area contributed by atoms with Crippen molar-refractivity contribution in [3.05, 3.63) is 92.4 Å². The number of amides is 3. The molecule has 220 valence electrons. The molecule has 2 aliphatic heterocycles. The Morgan fingerprint density at radius 3 is 1.98 bits per heavy atom. The number of methoxy groups -OCH3 is 1. The fraction of sp³-hybridized carbons (Fsp3) is 0.344. The zero-order chi connectivity index (χ0) is 30.0. The zero-order valence-corrected chi connectivity index (χ0v) is 27.3. The average molecular weight is 698 g/mol. The lowest BCUT2D eigenvalue weighted by Crippen LogP contribution is -2.54. The minimum Gasteiger partial charge on any atom is -0.497 e. The van der Waals surface area contributed by atoms with Crippen LogP contribution in [0.3, 0.4) is 0 Å². The Hall–Kier alpha value is -3.37. The van der Waals surface area contributed by atoms with E-state index < -0.39 is 6.04 Å². The maximum Gasteiger partial charge on any atom is 0.326 e. The van der Waals surface area contributed by atoms with Crippen molar-refractivity contribution >= 4 is 49.6 Å². The Labute approximate surface area is 263 Å². The Balaban J connectivity index is 1.66. The van der Waals surface area contributed by atoms with E-state index in [1.807, 2.05) is 90.4 Å². The number of aliphatic imine (C=N–C) groups is 1. The van der Waals surface area contributed by atoms with Crippen LogP contribution in [0.2, 0.25) is 0 Å². The molecule has 1 saturated heterocycles. The van der Waals surface area contributed by atoms with E-state index in [0.29, 0.717) is 49.1 Å². The summed E-state index contributed by atoms with van der Waals surface area (Å²) >= 11 is 7.11. The standard InChI is InChI=1S/C32H34Br2N4O4/c1-20(2)42-28-19-26(41-4)13-14-27(28)31-35-29(22-5-9-24(33)10-6-22)30(23-7-11-25(34)12-8-23)38(31)32(40)37-17-15-36(16-18-37)21(3)39/h5-14,19-20,29-30H,15-18H2,1-4H3. The van der Waals surface area contributed by atoms with E-state index in [1.54, 1.807) is 18.9 Å². The molecule has 2 aliphatic rings. The number of carbonyl (C=O) groups excluding carboxylic acids is 2. The Morgan fingerprint density at radius 1 is 0.857 bits per heavy atom. The lowest BCUT2D eigenvalue weighted by Gasteiger charge is -2.39.